The Bertz CT molecular complexity index is 1660. The minimum absolute atomic E-state index is 0.0365. The fourth-order valence-corrected chi connectivity index (χ4v) is 6.24. The molecule has 1 fully saturated rings. The van der Waals surface area contributed by atoms with E-state index in [1.165, 1.54) is 6.08 Å². The van der Waals surface area contributed by atoms with Gasteiger partial charge in [-0.25, -0.2) is 15.0 Å². The fraction of sp³-hybridized carbons (Fsp3) is 0.333. The Kier molecular flexibility index (Phi) is 8.49. The first-order chi connectivity index (χ1) is 21.3. The molecule has 0 unspecified atom stereocenters. The van der Waals surface area contributed by atoms with Crippen LogP contribution < -0.4 is 15.1 Å². The van der Waals surface area contributed by atoms with Crippen LogP contribution in [0.1, 0.15) is 18.4 Å². The highest BCUT2D eigenvalue weighted by atomic mass is 28.3. The fourth-order valence-electron chi connectivity index (χ4n) is 5.48. The molecule has 11 heteroatoms. The number of carbonyl (C=O) groups is 1. The van der Waals surface area contributed by atoms with Gasteiger partial charge in [-0.1, -0.05) is 44.4 Å². The summed E-state index contributed by atoms with van der Waals surface area (Å²) in [5.41, 5.74) is 2.61. The Morgan fingerprint density at radius 2 is 1.77 bits per heavy atom. The highest BCUT2D eigenvalue weighted by Gasteiger charge is 2.33. The lowest BCUT2D eigenvalue weighted by molar-refractivity contribution is -0.127. The van der Waals surface area contributed by atoms with Crippen molar-refractivity contribution in [2.75, 3.05) is 30.0 Å². The zero-order valence-electron chi connectivity index (χ0n) is 25.6. The van der Waals surface area contributed by atoms with Gasteiger partial charge in [0.2, 0.25) is 5.91 Å². The Morgan fingerprint density at radius 1 is 1.05 bits per heavy atom. The van der Waals surface area contributed by atoms with Gasteiger partial charge in [-0.2, -0.15) is 5.10 Å². The van der Waals surface area contributed by atoms with E-state index in [1.54, 1.807) is 6.33 Å². The first-order valence-electron chi connectivity index (χ1n) is 15.1. The zero-order valence-corrected chi connectivity index (χ0v) is 26.6. The van der Waals surface area contributed by atoms with Crippen molar-refractivity contribution in [3.05, 3.63) is 85.3 Å². The standard InChI is InChI=1S/C33H39N7O3Si/c1-5-29(41)38-17-15-25(16-18-38)40-33-30-28(21-39(32(30)34-22-35-33)23-42-19-20-44(2,3)4)31(37-40)36-24-11-13-27(14-12-24)43-26-9-7-6-8-10-26/h5-14,21-22,25H,1,15-20,23H2,2-4H3,(H,36,37). The summed E-state index contributed by atoms with van der Waals surface area (Å²) < 4.78 is 14.2. The predicted molar refractivity (Wildman–Crippen MR) is 177 cm³/mol. The van der Waals surface area contributed by atoms with Crippen LogP contribution in [0.2, 0.25) is 25.7 Å². The number of nitrogens with one attached hydrogen (secondary N) is 1. The van der Waals surface area contributed by atoms with E-state index in [-0.39, 0.29) is 11.9 Å². The molecule has 0 saturated carbocycles. The van der Waals surface area contributed by atoms with Gasteiger partial charge in [0.25, 0.3) is 0 Å². The number of hydrogen-bond acceptors (Lipinski definition) is 8. The van der Waals surface area contributed by atoms with Gasteiger partial charge in [0.05, 0.1) is 17.0 Å². The first kappa shape index (κ1) is 29.6. The topological polar surface area (TPSA) is 97.1 Å². The maximum absolute atomic E-state index is 12.2. The summed E-state index contributed by atoms with van der Waals surface area (Å²) in [5.74, 6) is 2.98. The Labute approximate surface area is 259 Å². The summed E-state index contributed by atoms with van der Waals surface area (Å²) in [5, 5.41) is 11.6. The second-order valence-electron chi connectivity index (χ2n) is 12.4. The van der Waals surface area contributed by atoms with E-state index >= 15 is 0 Å². The molecule has 4 heterocycles. The maximum atomic E-state index is 12.2. The third-order valence-electron chi connectivity index (χ3n) is 7.93. The highest BCUT2D eigenvalue weighted by molar-refractivity contribution is 6.76. The number of likely N-dealkylation sites (tertiary alicyclic amines) is 1. The number of ether oxygens (including phenoxy) is 2. The molecule has 1 saturated heterocycles. The number of nitrogens with zero attached hydrogens (tertiary/aromatic N) is 6. The molecule has 4 aromatic rings. The molecule has 2 aliphatic rings. The summed E-state index contributed by atoms with van der Waals surface area (Å²) in [6.45, 7) is 13.1. The summed E-state index contributed by atoms with van der Waals surface area (Å²) in [4.78, 5) is 23.5. The third-order valence-corrected chi connectivity index (χ3v) is 9.64. The van der Waals surface area contributed by atoms with Gasteiger partial charge in [-0.3, -0.25) is 4.79 Å². The number of aromatic nitrogens is 3. The Hall–Kier alpha value is -4.48. The van der Waals surface area contributed by atoms with Crippen molar-refractivity contribution in [3.63, 3.8) is 0 Å². The lowest BCUT2D eigenvalue weighted by Crippen LogP contribution is -2.46. The van der Waals surface area contributed by atoms with Crippen molar-refractivity contribution < 1.29 is 14.3 Å². The number of piperidine rings is 1. The van der Waals surface area contributed by atoms with Gasteiger partial charge in [0.1, 0.15) is 30.2 Å². The quantitative estimate of drug-likeness (QED) is 0.128. The molecule has 2 aromatic heterocycles. The van der Waals surface area contributed by atoms with Crippen molar-refractivity contribution in [3.8, 4) is 11.5 Å². The monoisotopic (exact) mass is 609 g/mol. The average molecular weight is 610 g/mol. The van der Waals surface area contributed by atoms with Crippen LogP contribution in [0.3, 0.4) is 0 Å². The number of para-hydroxylation sites is 1. The van der Waals surface area contributed by atoms with Gasteiger partial charge in [-0.15, -0.1) is 0 Å². The molecule has 2 aliphatic heterocycles. The van der Waals surface area contributed by atoms with Gasteiger partial charge in [0.15, 0.2) is 11.7 Å². The van der Waals surface area contributed by atoms with E-state index in [4.69, 9.17) is 19.6 Å². The van der Waals surface area contributed by atoms with Gasteiger partial charge in [0, 0.05) is 39.7 Å². The van der Waals surface area contributed by atoms with Crippen molar-refractivity contribution in [1.29, 1.82) is 0 Å². The third kappa shape index (κ3) is 6.53. The highest BCUT2D eigenvalue weighted by Crippen LogP contribution is 2.36. The molecule has 0 spiro atoms. The van der Waals surface area contributed by atoms with E-state index < -0.39 is 8.07 Å². The van der Waals surface area contributed by atoms with E-state index in [0.29, 0.717) is 32.3 Å². The smallest absolute Gasteiger partial charge is 0.245 e. The molecule has 2 aromatic carbocycles. The number of hydrazone groups is 1. The minimum atomic E-state index is -1.21. The van der Waals surface area contributed by atoms with Crippen LogP contribution in [0.4, 0.5) is 11.5 Å². The molecule has 6 rings (SSSR count). The van der Waals surface area contributed by atoms with Crippen LogP contribution >= 0.6 is 0 Å². The van der Waals surface area contributed by atoms with Crippen molar-refractivity contribution in [1.82, 2.24) is 19.4 Å². The average Bonchev–Trinajstić information content (AvgIpc) is 3.41. The summed E-state index contributed by atoms with van der Waals surface area (Å²) in [6, 6.07) is 18.7. The number of hydrogen-bond donors (Lipinski definition) is 1. The number of anilines is 2. The molecular weight excluding hydrogens is 570 g/mol. The molecule has 0 radical (unpaired) electrons. The van der Waals surface area contributed by atoms with Crippen LogP contribution in [0.5, 0.6) is 11.5 Å². The molecule has 1 N–H and O–H groups in total. The second kappa shape index (κ2) is 12.6. The van der Waals surface area contributed by atoms with E-state index in [2.05, 4.69) is 42.7 Å². The molecule has 0 aliphatic carbocycles. The Morgan fingerprint density at radius 3 is 2.48 bits per heavy atom. The SMILES string of the molecule is C=CC(=O)N1CCC(N2N=C(Nc3ccc(Oc4ccccc4)cc3)c3cn(COCC[Si](C)(C)C)c4ncnc2c34)CC1. The van der Waals surface area contributed by atoms with E-state index in [1.807, 2.05) is 69.1 Å². The van der Waals surface area contributed by atoms with Crippen LogP contribution in [-0.4, -0.2) is 65.0 Å². The number of carbonyl (C=O) groups excluding carboxylic acids is 1. The van der Waals surface area contributed by atoms with Gasteiger partial charge in [-0.05, 0) is 61.4 Å². The normalized spacial score (nSPS) is 15.3. The molecule has 0 bridgehead atoms. The molecule has 1 amide bonds. The van der Waals surface area contributed by atoms with Crippen LogP contribution in [-0.2, 0) is 16.3 Å². The molecule has 10 nitrogen and oxygen atoms in total. The minimum Gasteiger partial charge on any atom is -0.457 e. The summed E-state index contributed by atoms with van der Waals surface area (Å²) in [6.07, 6.45) is 6.57. The zero-order chi connectivity index (χ0) is 30.7. The second-order valence-corrected chi connectivity index (χ2v) is 18.0. The summed E-state index contributed by atoms with van der Waals surface area (Å²) in [7, 11) is -1.21. The predicted octanol–water partition coefficient (Wildman–Crippen LogP) is 6.31. The number of amidine groups is 1. The van der Waals surface area contributed by atoms with Gasteiger partial charge >= 0.3 is 0 Å². The number of benzene rings is 2. The molecular formula is C33H39N7O3Si. The van der Waals surface area contributed by atoms with Crippen molar-refractivity contribution >= 4 is 42.4 Å². The van der Waals surface area contributed by atoms with Crippen LogP contribution in [0.15, 0.2) is 84.9 Å². The van der Waals surface area contributed by atoms with Crippen molar-refractivity contribution in [2.24, 2.45) is 5.10 Å². The maximum Gasteiger partial charge on any atom is 0.245 e. The number of rotatable bonds is 10. The van der Waals surface area contributed by atoms with Crippen LogP contribution in [0, 0.1) is 0 Å². The van der Waals surface area contributed by atoms with E-state index in [0.717, 1.165) is 58.5 Å². The molecule has 44 heavy (non-hydrogen) atoms. The van der Waals surface area contributed by atoms with Crippen molar-refractivity contribution in [2.45, 2.75) is 51.3 Å². The van der Waals surface area contributed by atoms with Gasteiger partial charge < -0.3 is 24.3 Å². The molecule has 0 atom stereocenters. The summed E-state index contributed by atoms with van der Waals surface area (Å²) >= 11 is 0. The van der Waals surface area contributed by atoms with Crippen LogP contribution in [0.25, 0.3) is 11.0 Å². The van der Waals surface area contributed by atoms with E-state index in [9.17, 15) is 4.79 Å². The molecule has 228 valence electrons. The lowest BCUT2D eigenvalue weighted by Gasteiger charge is -2.37. The lowest BCUT2D eigenvalue weighted by atomic mass is 10.0. The largest absolute Gasteiger partial charge is 0.457 e. The number of amides is 1. The Balaban J connectivity index is 1.29. The first-order valence-corrected chi connectivity index (χ1v) is 18.8.